The second-order valence-corrected chi connectivity index (χ2v) is 4.85. The van der Waals surface area contributed by atoms with Crippen LogP contribution in [-0.2, 0) is 9.59 Å². The molecule has 0 bridgehead atoms. The molecule has 2 amide bonds. The first kappa shape index (κ1) is 11.7. The summed E-state index contributed by atoms with van der Waals surface area (Å²) in [6.45, 7) is 3.40. The number of hydrogen-bond acceptors (Lipinski definition) is 4. The van der Waals surface area contributed by atoms with Gasteiger partial charge in [-0.2, -0.15) is 0 Å². The van der Waals surface area contributed by atoms with Gasteiger partial charge in [-0.1, -0.05) is 13.8 Å². The van der Waals surface area contributed by atoms with Gasteiger partial charge in [0.1, 0.15) is 6.10 Å². The number of imide groups is 1. The minimum Gasteiger partial charge on any atom is -0.383 e. The number of aromatic nitrogens is 1. The Balaban J connectivity index is 2.37. The number of carbonyl (C=O) groups is 2. The van der Waals surface area contributed by atoms with E-state index in [1.54, 1.807) is 32.2 Å². The molecule has 0 aromatic carbocycles. The van der Waals surface area contributed by atoms with Crippen LogP contribution < -0.4 is 4.90 Å². The monoisotopic (exact) mass is 234 g/mol. The van der Waals surface area contributed by atoms with Crippen LogP contribution in [0.5, 0.6) is 0 Å². The van der Waals surface area contributed by atoms with Crippen molar-refractivity contribution in [1.82, 2.24) is 4.98 Å². The maximum absolute atomic E-state index is 12.0. The zero-order valence-corrected chi connectivity index (χ0v) is 9.75. The van der Waals surface area contributed by atoms with E-state index in [0.29, 0.717) is 5.69 Å². The lowest BCUT2D eigenvalue weighted by Crippen LogP contribution is -2.55. The lowest BCUT2D eigenvalue weighted by atomic mass is 9.79. The number of piperidine rings is 1. The van der Waals surface area contributed by atoms with E-state index in [-0.39, 0.29) is 12.3 Å². The molecule has 1 atom stereocenters. The van der Waals surface area contributed by atoms with E-state index in [1.807, 2.05) is 0 Å². The van der Waals surface area contributed by atoms with E-state index in [0.717, 1.165) is 4.90 Å². The largest absolute Gasteiger partial charge is 0.383 e. The van der Waals surface area contributed by atoms with Crippen molar-refractivity contribution in [3.63, 3.8) is 0 Å². The molecule has 0 radical (unpaired) electrons. The Kier molecular flexibility index (Phi) is 2.71. The van der Waals surface area contributed by atoms with Crippen LogP contribution in [0.1, 0.15) is 20.3 Å². The van der Waals surface area contributed by atoms with Crippen LogP contribution in [0.3, 0.4) is 0 Å². The SMILES string of the molecule is CC1(C)CC(=O)N(c2cccnc2)C(=O)C1O. The molecule has 2 rings (SSSR count). The number of anilines is 1. The third-order valence-electron chi connectivity index (χ3n) is 2.95. The van der Waals surface area contributed by atoms with Gasteiger partial charge < -0.3 is 5.11 Å². The number of nitrogens with zero attached hydrogens (tertiary/aromatic N) is 2. The summed E-state index contributed by atoms with van der Waals surface area (Å²) in [6.07, 6.45) is 1.96. The first-order chi connectivity index (χ1) is 7.93. The van der Waals surface area contributed by atoms with Gasteiger partial charge in [-0.3, -0.25) is 14.6 Å². The fourth-order valence-corrected chi connectivity index (χ4v) is 1.90. The third kappa shape index (κ3) is 1.93. The minimum atomic E-state index is -1.17. The van der Waals surface area contributed by atoms with Crippen LogP contribution in [0.25, 0.3) is 0 Å². The molecule has 0 spiro atoms. The van der Waals surface area contributed by atoms with Crippen LogP contribution in [0.2, 0.25) is 0 Å². The fourth-order valence-electron chi connectivity index (χ4n) is 1.90. The van der Waals surface area contributed by atoms with Crippen molar-refractivity contribution in [2.45, 2.75) is 26.4 Å². The summed E-state index contributed by atoms with van der Waals surface area (Å²) >= 11 is 0. The molecule has 1 N–H and O–H groups in total. The van der Waals surface area contributed by atoms with Crippen molar-refractivity contribution >= 4 is 17.5 Å². The van der Waals surface area contributed by atoms with Crippen molar-refractivity contribution in [3.8, 4) is 0 Å². The summed E-state index contributed by atoms with van der Waals surface area (Å²) in [6, 6.07) is 3.26. The van der Waals surface area contributed by atoms with E-state index in [4.69, 9.17) is 0 Å². The van der Waals surface area contributed by atoms with Crippen molar-refractivity contribution < 1.29 is 14.7 Å². The Morgan fingerprint density at radius 3 is 2.76 bits per heavy atom. The Hall–Kier alpha value is -1.75. The van der Waals surface area contributed by atoms with E-state index < -0.39 is 17.4 Å². The molecular weight excluding hydrogens is 220 g/mol. The van der Waals surface area contributed by atoms with Crippen molar-refractivity contribution in [2.24, 2.45) is 5.41 Å². The van der Waals surface area contributed by atoms with Crippen LogP contribution >= 0.6 is 0 Å². The molecule has 5 nitrogen and oxygen atoms in total. The first-order valence-corrected chi connectivity index (χ1v) is 5.38. The summed E-state index contributed by atoms with van der Waals surface area (Å²) in [5.74, 6) is -0.891. The average Bonchev–Trinajstić information content (AvgIpc) is 2.27. The normalized spacial score (nSPS) is 23.9. The highest BCUT2D eigenvalue weighted by molar-refractivity contribution is 6.18. The molecule has 1 aliphatic heterocycles. The van der Waals surface area contributed by atoms with E-state index in [1.165, 1.54) is 6.20 Å². The number of amides is 2. The molecule has 2 heterocycles. The lowest BCUT2D eigenvalue weighted by Gasteiger charge is -2.38. The summed E-state index contributed by atoms with van der Waals surface area (Å²) in [4.78, 5) is 28.8. The number of pyridine rings is 1. The fraction of sp³-hybridized carbons (Fsp3) is 0.417. The topological polar surface area (TPSA) is 70.5 Å². The summed E-state index contributed by atoms with van der Waals surface area (Å²) in [5, 5.41) is 9.89. The van der Waals surface area contributed by atoms with Gasteiger partial charge in [0.05, 0.1) is 11.9 Å². The molecule has 0 saturated carbocycles. The Labute approximate surface area is 99.1 Å². The number of aliphatic hydroxyl groups is 1. The maximum Gasteiger partial charge on any atom is 0.263 e. The van der Waals surface area contributed by atoms with Crippen molar-refractivity contribution in [2.75, 3.05) is 4.90 Å². The number of carbonyl (C=O) groups excluding carboxylic acids is 2. The molecule has 1 fully saturated rings. The second-order valence-electron chi connectivity index (χ2n) is 4.85. The van der Waals surface area contributed by atoms with Crippen LogP contribution in [0.15, 0.2) is 24.5 Å². The molecular formula is C12H14N2O3. The summed E-state index contributed by atoms with van der Waals surface area (Å²) in [5.41, 5.74) is -0.315. The number of hydrogen-bond donors (Lipinski definition) is 1. The van der Waals surface area contributed by atoms with E-state index in [2.05, 4.69) is 4.98 Å². The van der Waals surface area contributed by atoms with Crippen molar-refractivity contribution in [3.05, 3.63) is 24.5 Å². The standard InChI is InChI=1S/C12H14N2O3/c1-12(2)6-9(15)14(11(17)10(12)16)8-4-3-5-13-7-8/h3-5,7,10,16H,6H2,1-2H3. The zero-order valence-electron chi connectivity index (χ0n) is 9.75. The predicted octanol–water partition coefficient (Wildman–Crippen LogP) is 0.732. The average molecular weight is 234 g/mol. The van der Waals surface area contributed by atoms with E-state index >= 15 is 0 Å². The first-order valence-electron chi connectivity index (χ1n) is 5.38. The molecule has 1 aromatic rings. The van der Waals surface area contributed by atoms with Gasteiger partial charge >= 0.3 is 0 Å². The Morgan fingerprint density at radius 2 is 2.18 bits per heavy atom. The highest BCUT2D eigenvalue weighted by Crippen LogP contribution is 2.34. The molecule has 1 unspecified atom stereocenters. The van der Waals surface area contributed by atoms with Crippen LogP contribution in [-0.4, -0.2) is 28.0 Å². The highest BCUT2D eigenvalue weighted by Gasteiger charge is 2.46. The number of rotatable bonds is 1. The van der Waals surface area contributed by atoms with Gasteiger partial charge in [-0.25, -0.2) is 4.90 Å². The van der Waals surface area contributed by atoms with Gasteiger partial charge in [-0.15, -0.1) is 0 Å². The zero-order chi connectivity index (χ0) is 12.6. The summed E-state index contributed by atoms with van der Waals surface area (Å²) < 4.78 is 0. The second kappa shape index (κ2) is 3.92. The molecule has 1 aliphatic rings. The van der Waals surface area contributed by atoms with Gasteiger partial charge in [0.25, 0.3) is 5.91 Å². The molecule has 90 valence electrons. The highest BCUT2D eigenvalue weighted by atomic mass is 16.3. The van der Waals surface area contributed by atoms with Crippen LogP contribution in [0, 0.1) is 5.41 Å². The van der Waals surface area contributed by atoms with E-state index in [9.17, 15) is 14.7 Å². The quantitative estimate of drug-likeness (QED) is 0.727. The Bertz CT molecular complexity index is 456. The lowest BCUT2D eigenvalue weighted by molar-refractivity contribution is -0.144. The molecule has 5 heteroatoms. The third-order valence-corrected chi connectivity index (χ3v) is 2.95. The molecule has 1 saturated heterocycles. The minimum absolute atomic E-state index is 0.134. The molecule has 0 aliphatic carbocycles. The van der Waals surface area contributed by atoms with Gasteiger partial charge in [0.15, 0.2) is 0 Å². The smallest absolute Gasteiger partial charge is 0.263 e. The van der Waals surface area contributed by atoms with Crippen molar-refractivity contribution in [1.29, 1.82) is 0 Å². The Morgan fingerprint density at radius 1 is 1.47 bits per heavy atom. The van der Waals surface area contributed by atoms with Gasteiger partial charge in [0, 0.05) is 18.0 Å². The molecule has 17 heavy (non-hydrogen) atoms. The van der Waals surface area contributed by atoms with Gasteiger partial charge in [0.2, 0.25) is 5.91 Å². The maximum atomic E-state index is 12.0. The summed E-state index contributed by atoms with van der Waals surface area (Å²) in [7, 11) is 0. The predicted molar refractivity (Wildman–Crippen MR) is 61.1 cm³/mol. The van der Waals surface area contributed by atoms with Crippen LogP contribution in [0.4, 0.5) is 5.69 Å². The number of aliphatic hydroxyl groups excluding tert-OH is 1. The molecule has 1 aromatic heterocycles. The van der Waals surface area contributed by atoms with Gasteiger partial charge in [-0.05, 0) is 12.1 Å².